The van der Waals surface area contributed by atoms with E-state index >= 15 is 0 Å². The van der Waals surface area contributed by atoms with Crippen LogP contribution in [0.1, 0.15) is 58.6 Å². The quantitative estimate of drug-likeness (QED) is 0.559. The van der Waals surface area contributed by atoms with Gasteiger partial charge >= 0.3 is 12.1 Å². The van der Waals surface area contributed by atoms with Crippen LogP contribution in [0.5, 0.6) is 0 Å². The third-order valence-electron chi connectivity index (χ3n) is 6.90. The highest BCUT2D eigenvalue weighted by Gasteiger charge is 2.50. The van der Waals surface area contributed by atoms with Crippen molar-refractivity contribution in [3.63, 3.8) is 0 Å². The summed E-state index contributed by atoms with van der Waals surface area (Å²) < 4.78 is 17.3. The molecule has 1 saturated heterocycles. The SMILES string of the molecule is C[C@@H](OC(C)(C)C)[C@H](NC(=O)OCC1c2ccccc2-c2ccccc21)C(=O)N1[C@@H](C(=O)O)COC1(C)C. The van der Waals surface area contributed by atoms with Crippen molar-refractivity contribution in [3.8, 4) is 11.1 Å². The van der Waals surface area contributed by atoms with Crippen molar-refractivity contribution >= 4 is 18.0 Å². The lowest BCUT2D eigenvalue weighted by Gasteiger charge is -2.37. The summed E-state index contributed by atoms with van der Waals surface area (Å²) >= 11 is 0. The van der Waals surface area contributed by atoms with Gasteiger partial charge in [0.15, 0.2) is 6.04 Å². The summed E-state index contributed by atoms with van der Waals surface area (Å²) in [7, 11) is 0. The summed E-state index contributed by atoms with van der Waals surface area (Å²) in [5, 5.41) is 12.4. The minimum atomic E-state index is -1.20. The molecule has 9 nitrogen and oxygen atoms in total. The van der Waals surface area contributed by atoms with Gasteiger partial charge in [-0.2, -0.15) is 0 Å². The molecule has 2 aliphatic rings. The maximum absolute atomic E-state index is 13.8. The monoisotopic (exact) mass is 524 g/mol. The lowest BCUT2D eigenvalue weighted by molar-refractivity contribution is -0.161. The molecule has 1 fully saturated rings. The number of fused-ring (bicyclic) bond motifs is 3. The number of amides is 2. The number of carbonyl (C=O) groups is 3. The third kappa shape index (κ3) is 5.54. The molecule has 1 heterocycles. The van der Waals surface area contributed by atoms with Crippen molar-refractivity contribution in [2.75, 3.05) is 13.2 Å². The predicted molar refractivity (Wildman–Crippen MR) is 141 cm³/mol. The smallest absolute Gasteiger partial charge is 0.407 e. The summed E-state index contributed by atoms with van der Waals surface area (Å²) in [5.74, 6) is -1.95. The average molecular weight is 525 g/mol. The van der Waals surface area contributed by atoms with Crippen LogP contribution in [0.2, 0.25) is 0 Å². The van der Waals surface area contributed by atoms with Gasteiger partial charge in [-0.15, -0.1) is 0 Å². The standard InChI is InChI=1S/C29H36N2O7/c1-17(38-28(2,3)4)24(25(32)31-23(26(33)34)16-37-29(31,5)6)30-27(35)36-15-22-20-13-9-7-11-18(20)19-12-8-10-14-21(19)22/h7-14,17,22-24H,15-16H2,1-6H3,(H,30,35)(H,33,34)/t17-,23-,24+/m1/s1. The Kier molecular flexibility index (Phi) is 7.54. The second kappa shape index (κ2) is 10.4. The molecule has 204 valence electrons. The average Bonchev–Trinajstić information content (AvgIpc) is 3.33. The van der Waals surface area contributed by atoms with Crippen molar-refractivity contribution in [2.45, 2.75) is 77.0 Å². The van der Waals surface area contributed by atoms with Gasteiger partial charge in [-0.3, -0.25) is 9.69 Å². The van der Waals surface area contributed by atoms with Gasteiger partial charge in [0.2, 0.25) is 0 Å². The number of carbonyl (C=O) groups excluding carboxylic acids is 2. The number of ether oxygens (including phenoxy) is 3. The number of rotatable bonds is 7. The van der Waals surface area contributed by atoms with E-state index in [1.165, 1.54) is 0 Å². The zero-order valence-electron chi connectivity index (χ0n) is 22.7. The molecule has 2 amide bonds. The summed E-state index contributed by atoms with van der Waals surface area (Å²) in [6.07, 6.45) is -1.58. The highest BCUT2D eigenvalue weighted by Crippen LogP contribution is 2.44. The molecule has 1 aliphatic carbocycles. The molecule has 2 aromatic rings. The Labute approximate surface area is 223 Å². The van der Waals surface area contributed by atoms with Crippen LogP contribution in [0.3, 0.4) is 0 Å². The molecule has 2 aromatic carbocycles. The number of hydrogen-bond acceptors (Lipinski definition) is 6. The van der Waals surface area contributed by atoms with E-state index in [9.17, 15) is 19.5 Å². The van der Waals surface area contributed by atoms with Gasteiger partial charge in [-0.25, -0.2) is 9.59 Å². The van der Waals surface area contributed by atoms with Gasteiger partial charge in [0.05, 0.1) is 18.3 Å². The maximum Gasteiger partial charge on any atom is 0.407 e. The van der Waals surface area contributed by atoms with Crippen molar-refractivity contribution in [2.24, 2.45) is 0 Å². The van der Waals surface area contributed by atoms with Gasteiger partial charge in [-0.05, 0) is 63.8 Å². The maximum atomic E-state index is 13.8. The molecular weight excluding hydrogens is 488 g/mol. The number of nitrogens with one attached hydrogen (secondary N) is 1. The molecule has 0 bridgehead atoms. The molecular formula is C29H36N2O7. The van der Waals surface area contributed by atoms with Crippen LogP contribution >= 0.6 is 0 Å². The van der Waals surface area contributed by atoms with E-state index in [-0.39, 0.29) is 19.1 Å². The Hall–Kier alpha value is -3.43. The Morgan fingerprint density at radius 1 is 1.08 bits per heavy atom. The van der Waals surface area contributed by atoms with Crippen molar-refractivity contribution in [1.82, 2.24) is 10.2 Å². The molecule has 2 N–H and O–H groups in total. The van der Waals surface area contributed by atoms with Crippen LogP contribution in [0.15, 0.2) is 48.5 Å². The van der Waals surface area contributed by atoms with Crippen molar-refractivity contribution in [3.05, 3.63) is 59.7 Å². The van der Waals surface area contributed by atoms with E-state index in [1.54, 1.807) is 20.8 Å². The van der Waals surface area contributed by atoms with E-state index in [2.05, 4.69) is 5.32 Å². The first-order valence-electron chi connectivity index (χ1n) is 12.8. The van der Waals surface area contributed by atoms with Gasteiger partial charge in [0.25, 0.3) is 5.91 Å². The highest BCUT2D eigenvalue weighted by atomic mass is 16.6. The molecule has 1 aliphatic heterocycles. The summed E-state index contributed by atoms with van der Waals surface area (Å²) in [6.45, 7) is 10.3. The zero-order chi connectivity index (χ0) is 27.8. The second-order valence-electron chi connectivity index (χ2n) is 11.2. The van der Waals surface area contributed by atoms with Crippen LogP contribution in [-0.2, 0) is 23.8 Å². The first kappa shape index (κ1) is 27.6. The van der Waals surface area contributed by atoms with E-state index in [0.717, 1.165) is 27.2 Å². The van der Waals surface area contributed by atoms with E-state index in [1.807, 2.05) is 69.3 Å². The number of aliphatic carboxylic acids is 1. The molecule has 0 aromatic heterocycles. The van der Waals surface area contributed by atoms with Gasteiger partial charge in [0, 0.05) is 5.92 Å². The fraction of sp³-hybridized carbons (Fsp3) is 0.483. The summed E-state index contributed by atoms with van der Waals surface area (Å²) in [6, 6.07) is 13.6. The van der Waals surface area contributed by atoms with Crippen LogP contribution in [-0.4, -0.2) is 70.7 Å². The zero-order valence-corrected chi connectivity index (χ0v) is 22.7. The number of carboxylic acids is 1. The topological polar surface area (TPSA) is 114 Å². The van der Waals surface area contributed by atoms with Crippen LogP contribution < -0.4 is 5.32 Å². The molecule has 0 saturated carbocycles. The number of nitrogens with zero attached hydrogens (tertiary/aromatic N) is 1. The Balaban J connectivity index is 1.54. The molecule has 4 rings (SSSR count). The molecule has 0 unspecified atom stereocenters. The third-order valence-corrected chi connectivity index (χ3v) is 6.90. The van der Waals surface area contributed by atoms with Gasteiger partial charge in [0.1, 0.15) is 18.4 Å². The molecule has 38 heavy (non-hydrogen) atoms. The van der Waals surface area contributed by atoms with E-state index in [0.29, 0.717) is 0 Å². The summed E-state index contributed by atoms with van der Waals surface area (Å²) in [4.78, 5) is 39.9. The van der Waals surface area contributed by atoms with Gasteiger partial charge in [-0.1, -0.05) is 48.5 Å². The largest absolute Gasteiger partial charge is 0.480 e. The molecule has 0 radical (unpaired) electrons. The lowest BCUT2D eigenvalue weighted by atomic mass is 9.98. The molecule has 0 spiro atoms. The van der Waals surface area contributed by atoms with Crippen molar-refractivity contribution < 1.29 is 33.7 Å². The first-order valence-corrected chi connectivity index (χ1v) is 12.8. The fourth-order valence-electron chi connectivity index (χ4n) is 5.33. The first-order chi connectivity index (χ1) is 17.8. The Morgan fingerprint density at radius 2 is 1.63 bits per heavy atom. The number of alkyl carbamates (subject to hydrolysis) is 1. The number of carboxylic acid groups (broad SMARTS) is 1. The lowest BCUT2D eigenvalue weighted by Crippen LogP contribution is -2.61. The van der Waals surface area contributed by atoms with E-state index in [4.69, 9.17) is 14.2 Å². The minimum absolute atomic E-state index is 0.0748. The second-order valence-corrected chi connectivity index (χ2v) is 11.2. The molecule has 9 heteroatoms. The number of hydrogen-bond donors (Lipinski definition) is 2. The van der Waals surface area contributed by atoms with Crippen LogP contribution in [0.25, 0.3) is 11.1 Å². The van der Waals surface area contributed by atoms with E-state index < -0.39 is 47.5 Å². The van der Waals surface area contributed by atoms with Gasteiger partial charge < -0.3 is 24.6 Å². The van der Waals surface area contributed by atoms with Crippen LogP contribution in [0.4, 0.5) is 4.79 Å². The fourth-order valence-corrected chi connectivity index (χ4v) is 5.33. The summed E-state index contributed by atoms with van der Waals surface area (Å²) in [5.41, 5.74) is 2.55. The Bertz CT molecular complexity index is 1170. The number of benzene rings is 2. The molecule has 3 atom stereocenters. The predicted octanol–water partition coefficient (Wildman–Crippen LogP) is 4.15. The minimum Gasteiger partial charge on any atom is -0.480 e. The highest BCUT2D eigenvalue weighted by molar-refractivity contribution is 5.91. The van der Waals surface area contributed by atoms with Crippen molar-refractivity contribution in [1.29, 1.82) is 0 Å². The Morgan fingerprint density at radius 3 is 2.16 bits per heavy atom. The normalized spacial score (nSPS) is 19.8. The van der Waals surface area contributed by atoms with Crippen LogP contribution in [0, 0.1) is 0 Å².